The van der Waals surface area contributed by atoms with Gasteiger partial charge in [0.25, 0.3) is 5.91 Å². The lowest BCUT2D eigenvalue weighted by molar-refractivity contribution is 0.0780. The molecule has 0 unspecified atom stereocenters. The summed E-state index contributed by atoms with van der Waals surface area (Å²) in [6.07, 6.45) is 0.911. The molecule has 0 aliphatic carbocycles. The molecule has 2 N–H and O–H groups in total. The van der Waals surface area contributed by atoms with Gasteiger partial charge in [0.2, 0.25) is 0 Å². The average Bonchev–Trinajstić information content (AvgIpc) is 2.31. The van der Waals surface area contributed by atoms with Gasteiger partial charge in [-0.05, 0) is 24.1 Å². The third-order valence-electron chi connectivity index (χ3n) is 2.76. The number of likely N-dealkylation sites (N-methyl/N-ethyl adjacent to an activating group) is 1. The fourth-order valence-electron chi connectivity index (χ4n) is 1.83. The molecule has 1 aromatic rings. The third kappa shape index (κ3) is 2.02. The largest absolute Gasteiger partial charge is 0.492 e. The Bertz CT molecular complexity index is 404. The highest BCUT2D eigenvalue weighted by Gasteiger charge is 2.21. The van der Waals surface area contributed by atoms with Crippen LogP contribution in [0.15, 0.2) is 18.2 Å². The number of nitrogens with zero attached hydrogens (tertiary/aromatic N) is 1. The van der Waals surface area contributed by atoms with Gasteiger partial charge in [0, 0.05) is 25.7 Å². The van der Waals surface area contributed by atoms with Crippen molar-refractivity contribution in [1.29, 1.82) is 0 Å². The molecule has 1 aliphatic heterocycles. The normalized spacial score (nSPS) is 14.9. The minimum atomic E-state index is 0.0689. The molecule has 0 atom stereocenters. The summed E-state index contributed by atoms with van der Waals surface area (Å²) in [5, 5.41) is 0. The van der Waals surface area contributed by atoms with E-state index in [9.17, 15) is 4.79 Å². The Morgan fingerprint density at radius 1 is 1.50 bits per heavy atom. The highest BCUT2D eigenvalue weighted by molar-refractivity contribution is 5.97. The molecule has 0 spiro atoms. The van der Waals surface area contributed by atoms with Crippen molar-refractivity contribution in [2.75, 3.05) is 26.7 Å². The van der Waals surface area contributed by atoms with Crippen LogP contribution in [0, 0.1) is 0 Å². The summed E-state index contributed by atoms with van der Waals surface area (Å²) in [6, 6.07) is 5.67. The Balaban J connectivity index is 2.26. The van der Waals surface area contributed by atoms with Crippen LogP contribution in [-0.2, 0) is 6.42 Å². The van der Waals surface area contributed by atoms with Gasteiger partial charge in [0.15, 0.2) is 0 Å². The zero-order chi connectivity index (χ0) is 11.5. The van der Waals surface area contributed by atoms with E-state index < -0.39 is 0 Å². The number of carbonyl (C=O) groups excluding carboxylic acids is 1. The first-order valence-corrected chi connectivity index (χ1v) is 5.43. The van der Waals surface area contributed by atoms with E-state index in [2.05, 4.69) is 0 Å². The van der Waals surface area contributed by atoms with E-state index in [1.54, 1.807) is 4.90 Å². The van der Waals surface area contributed by atoms with Gasteiger partial charge in [-0.25, -0.2) is 0 Å². The molecule has 86 valence electrons. The van der Waals surface area contributed by atoms with E-state index >= 15 is 0 Å². The maximum absolute atomic E-state index is 11.9. The number of carbonyl (C=O) groups is 1. The van der Waals surface area contributed by atoms with E-state index in [0.29, 0.717) is 18.9 Å². The Labute approximate surface area is 95.0 Å². The van der Waals surface area contributed by atoms with Crippen LogP contribution < -0.4 is 10.5 Å². The standard InChI is InChI=1S/C12H16N2O2/c1-14-6-4-9-2-3-10(16-7-5-13)8-11(9)12(14)15/h2-3,8H,4-7,13H2,1H3. The molecular weight excluding hydrogens is 204 g/mol. The molecule has 1 amide bonds. The number of fused-ring (bicyclic) bond motifs is 1. The van der Waals surface area contributed by atoms with E-state index in [-0.39, 0.29) is 5.91 Å². The van der Waals surface area contributed by atoms with E-state index in [0.717, 1.165) is 24.1 Å². The van der Waals surface area contributed by atoms with Crippen LogP contribution in [0.25, 0.3) is 0 Å². The van der Waals surface area contributed by atoms with Crippen molar-refractivity contribution in [2.45, 2.75) is 6.42 Å². The SMILES string of the molecule is CN1CCc2ccc(OCCN)cc2C1=O. The van der Waals surface area contributed by atoms with Gasteiger partial charge in [-0.15, -0.1) is 0 Å². The van der Waals surface area contributed by atoms with Crippen LogP contribution in [0.5, 0.6) is 5.75 Å². The predicted molar refractivity (Wildman–Crippen MR) is 61.7 cm³/mol. The first-order valence-electron chi connectivity index (χ1n) is 5.43. The van der Waals surface area contributed by atoms with Crippen molar-refractivity contribution in [3.05, 3.63) is 29.3 Å². The number of amides is 1. The molecule has 0 fully saturated rings. The zero-order valence-electron chi connectivity index (χ0n) is 9.40. The highest BCUT2D eigenvalue weighted by Crippen LogP contribution is 2.23. The second-order valence-electron chi connectivity index (χ2n) is 3.93. The smallest absolute Gasteiger partial charge is 0.254 e. The Hall–Kier alpha value is -1.55. The number of ether oxygens (including phenoxy) is 1. The zero-order valence-corrected chi connectivity index (χ0v) is 9.40. The molecule has 1 aromatic carbocycles. The van der Waals surface area contributed by atoms with Gasteiger partial charge in [0.1, 0.15) is 12.4 Å². The maximum Gasteiger partial charge on any atom is 0.254 e. The number of hydrogen-bond donors (Lipinski definition) is 1. The minimum Gasteiger partial charge on any atom is -0.492 e. The molecular formula is C12H16N2O2. The van der Waals surface area contributed by atoms with Gasteiger partial charge >= 0.3 is 0 Å². The van der Waals surface area contributed by atoms with Crippen LogP contribution in [0.1, 0.15) is 15.9 Å². The number of rotatable bonds is 3. The van der Waals surface area contributed by atoms with Gasteiger partial charge in [-0.3, -0.25) is 4.79 Å². The number of hydrogen-bond acceptors (Lipinski definition) is 3. The molecule has 1 aliphatic rings. The van der Waals surface area contributed by atoms with Crippen LogP contribution in [-0.4, -0.2) is 37.6 Å². The second-order valence-corrected chi connectivity index (χ2v) is 3.93. The van der Waals surface area contributed by atoms with Crippen molar-refractivity contribution in [1.82, 2.24) is 4.90 Å². The first-order chi connectivity index (χ1) is 7.72. The first kappa shape index (κ1) is 11.0. The molecule has 0 saturated carbocycles. The molecule has 4 heteroatoms. The predicted octanol–water partition coefficient (Wildman–Crippen LogP) is 0.652. The summed E-state index contributed by atoms with van der Waals surface area (Å²) in [6.45, 7) is 1.74. The molecule has 16 heavy (non-hydrogen) atoms. The molecule has 0 saturated heterocycles. The number of nitrogens with two attached hydrogens (primary N) is 1. The summed E-state index contributed by atoms with van der Waals surface area (Å²) in [7, 11) is 1.82. The van der Waals surface area contributed by atoms with Crippen LogP contribution in [0.3, 0.4) is 0 Å². The molecule has 0 bridgehead atoms. The molecule has 1 heterocycles. The van der Waals surface area contributed by atoms with Crippen molar-refractivity contribution in [2.24, 2.45) is 5.73 Å². The lowest BCUT2D eigenvalue weighted by Crippen LogP contribution is -2.34. The topological polar surface area (TPSA) is 55.6 Å². The Morgan fingerprint density at radius 2 is 2.31 bits per heavy atom. The minimum absolute atomic E-state index is 0.0689. The Kier molecular flexibility index (Phi) is 3.10. The van der Waals surface area contributed by atoms with Gasteiger partial charge in [-0.1, -0.05) is 6.07 Å². The molecule has 0 radical (unpaired) electrons. The van der Waals surface area contributed by atoms with Crippen LogP contribution in [0.4, 0.5) is 0 Å². The van der Waals surface area contributed by atoms with Gasteiger partial charge in [0.05, 0.1) is 0 Å². The van der Waals surface area contributed by atoms with Crippen molar-refractivity contribution in [3.63, 3.8) is 0 Å². The van der Waals surface area contributed by atoms with Gasteiger partial charge < -0.3 is 15.4 Å². The summed E-state index contributed by atoms with van der Waals surface area (Å²) in [5.41, 5.74) is 7.22. The molecule has 2 rings (SSSR count). The van der Waals surface area contributed by atoms with Gasteiger partial charge in [-0.2, -0.15) is 0 Å². The third-order valence-corrected chi connectivity index (χ3v) is 2.76. The highest BCUT2D eigenvalue weighted by atomic mass is 16.5. The second kappa shape index (κ2) is 4.53. The maximum atomic E-state index is 11.9. The fourth-order valence-corrected chi connectivity index (χ4v) is 1.83. The summed E-state index contributed by atoms with van der Waals surface area (Å²) < 4.78 is 5.41. The lowest BCUT2D eigenvalue weighted by atomic mass is 9.99. The molecule has 0 aromatic heterocycles. The monoisotopic (exact) mass is 220 g/mol. The fraction of sp³-hybridized carbons (Fsp3) is 0.417. The molecule has 4 nitrogen and oxygen atoms in total. The number of benzene rings is 1. The van der Waals surface area contributed by atoms with Crippen LogP contribution >= 0.6 is 0 Å². The van der Waals surface area contributed by atoms with Crippen molar-refractivity contribution in [3.8, 4) is 5.75 Å². The van der Waals surface area contributed by atoms with E-state index in [1.165, 1.54) is 0 Å². The van der Waals surface area contributed by atoms with Crippen molar-refractivity contribution < 1.29 is 9.53 Å². The summed E-state index contributed by atoms with van der Waals surface area (Å²) in [4.78, 5) is 13.6. The van der Waals surface area contributed by atoms with E-state index in [1.807, 2.05) is 25.2 Å². The van der Waals surface area contributed by atoms with E-state index in [4.69, 9.17) is 10.5 Å². The Morgan fingerprint density at radius 3 is 3.06 bits per heavy atom. The quantitative estimate of drug-likeness (QED) is 0.813. The van der Waals surface area contributed by atoms with Crippen LogP contribution in [0.2, 0.25) is 0 Å². The lowest BCUT2D eigenvalue weighted by Gasteiger charge is -2.25. The van der Waals surface area contributed by atoms with Crippen molar-refractivity contribution >= 4 is 5.91 Å². The summed E-state index contributed by atoms with van der Waals surface area (Å²) >= 11 is 0. The average molecular weight is 220 g/mol. The summed E-state index contributed by atoms with van der Waals surface area (Å²) in [5.74, 6) is 0.785.